The van der Waals surface area contributed by atoms with Crippen molar-refractivity contribution in [2.75, 3.05) is 6.54 Å². The number of nitrogens with one attached hydrogen (secondary N) is 1. The van der Waals surface area contributed by atoms with Crippen molar-refractivity contribution in [3.05, 3.63) is 78.1 Å². The molecule has 0 aliphatic carbocycles. The molecule has 0 aliphatic heterocycles. The van der Waals surface area contributed by atoms with Gasteiger partial charge in [0.2, 0.25) is 5.91 Å². The lowest BCUT2D eigenvalue weighted by Crippen LogP contribution is -2.33. The molecule has 0 spiro atoms. The number of carbonyl (C=O) groups is 1. The number of nitrogens with zero attached hydrogens (tertiary/aromatic N) is 2. The highest BCUT2D eigenvalue weighted by Gasteiger charge is 2.16. The number of benzene rings is 1. The number of aromatic nitrogens is 2. The Labute approximate surface area is 141 Å². The number of hydrogen-bond donors (Lipinski definition) is 1. The summed E-state index contributed by atoms with van der Waals surface area (Å²) >= 11 is 0. The molecular formula is C20H21N3O. The summed E-state index contributed by atoms with van der Waals surface area (Å²) in [4.78, 5) is 22.1. The van der Waals surface area contributed by atoms with Gasteiger partial charge in [0.1, 0.15) is 5.65 Å². The van der Waals surface area contributed by atoms with Crippen molar-refractivity contribution in [3.63, 3.8) is 0 Å². The Kier molecular flexibility index (Phi) is 4.75. The van der Waals surface area contributed by atoms with E-state index in [1.54, 1.807) is 6.20 Å². The molecule has 1 aromatic carbocycles. The Bertz CT molecular complexity index is 851. The second kappa shape index (κ2) is 7.13. The van der Waals surface area contributed by atoms with Crippen molar-refractivity contribution < 1.29 is 4.79 Å². The molecule has 24 heavy (non-hydrogen) atoms. The van der Waals surface area contributed by atoms with Crippen LogP contribution in [0.1, 0.15) is 18.1 Å². The van der Waals surface area contributed by atoms with Gasteiger partial charge in [0.25, 0.3) is 0 Å². The fourth-order valence-corrected chi connectivity index (χ4v) is 2.80. The van der Waals surface area contributed by atoms with Crippen LogP contribution in [0.25, 0.3) is 11.0 Å². The summed E-state index contributed by atoms with van der Waals surface area (Å²) < 4.78 is 0. The Morgan fingerprint density at radius 3 is 2.75 bits per heavy atom. The van der Waals surface area contributed by atoms with E-state index in [2.05, 4.69) is 16.5 Å². The molecule has 0 unspecified atom stereocenters. The van der Waals surface area contributed by atoms with E-state index >= 15 is 0 Å². The maximum absolute atomic E-state index is 12.8. The van der Waals surface area contributed by atoms with Crippen molar-refractivity contribution in [1.29, 1.82) is 0 Å². The zero-order chi connectivity index (χ0) is 16.9. The summed E-state index contributed by atoms with van der Waals surface area (Å²) in [5.74, 6) is 0.0895. The third-order valence-electron chi connectivity index (χ3n) is 3.91. The number of carbonyl (C=O) groups excluding carboxylic acids is 1. The molecule has 3 rings (SSSR count). The zero-order valence-electron chi connectivity index (χ0n) is 13.8. The number of H-pyrrole nitrogens is 1. The van der Waals surface area contributed by atoms with E-state index in [9.17, 15) is 4.79 Å². The highest BCUT2D eigenvalue weighted by molar-refractivity contribution is 5.87. The lowest BCUT2D eigenvalue weighted by Gasteiger charge is -2.23. The van der Waals surface area contributed by atoms with Gasteiger partial charge >= 0.3 is 0 Å². The van der Waals surface area contributed by atoms with Gasteiger partial charge < -0.3 is 9.88 Å². The van der Waals surface area contributed by atoms with Gasteiger partial charge in [0.05, 0.1) is 6.42 Å². The van der Waals surface area contributed by atoms with Crippen LogP contribution in [0.2, 0.25) is 0 Å². The Morgan fingerprint density at radius 1 is 1.21 bits per heavy atom. The molecule has 2 heterocycles. The largest absolute Gasteiger partial charge is 0.346 e. The van der Waals surface area contributed by atoms with Gasteiger partial charge in [-0.25, -0.2) is 4.98 Å². The van der Waals surface area contributed by atoms with Crippen molar-refractivity contribution in [2.45, 2.75) is 19.9 Å². The lowest BCUT2D eigenvalue weighted by atomic mass is 10.1. The van der Waals surface area contributed by atoms with E-state index in [1.165, 1.54) is 0 Å². The smallest absolute Gasteiger partial charge is 0.227 e. The van der Waals surface area contributed by atoms with Crippen molar-refractivity contribution in [2.24, 2.45) is 0 Å². The van der Waals surface area contributed by atoms with E-state index in [-0.39, 0.29) is 5.91 Å². The van der Waals surface area contributed by atoms with Crippen LogP contribution in [0.5, 0.6) is 0 Å². The number of aromatic amines is 1. The van der Waals surface area contributed by atoms with E-state index in [0.717, 1.165) is 27.7 Å². The molecule has 0 fully saturated rings. The Balaban J connectivity index is 1.79. The molecule has 2 aromatic heterocycles. The molecule has 1 N–H and O–H groups in total. The summed E-state index contributed by atoms with van der Waals surface area (Å²) in [7, 11) is 0. The molecule has 4 nitrogen and oxygen atoms in total. The van der Waals surface area contributed by atoms with Crippen molar-refractivity contribution >= 4 is 16.9 Å². The minimum atomic E-state index is 0.0895. The quantitative estimate of drug-likeness (QED) is 0.704. The number of amides is 1. The normalized spacial score (nSPS) is 10.7. The molecular weight excluding hydrogens is 298 g/mol. The molecule has 4 heteroatoms. The highest BCUT2D eigenvalue weighted by Crippen LogP contribution is 2.18. The minimum Gasteiger partial charge on any atom is -0.346 e. The van der Waals surface area contributed by atoms with Crippen molar-refractivity contribution in [1.82, 2.24) is 14.9 Å². The molecule has 1 amide bonds. The third-order valence-corrected chi connectivity index (χ3v) is 3.91. The van der Waals surface area contributed by atoms with E-state index in [0.29, 0.717) is 19.5 Å². The van der Waals surface area contributed by atoms with Crippen molar-refractivity contribution in [3.8, 4) is 0 Å². The summed E-state index contributed by atoms with van der Waals surface area (Å²) in [6.45, 7) is 7.06. The lowest BCUT2D eigenvalue weighted by molar-refractivity contribution is -0.130. The molecule has 3 aromatic rings. The van der Waals surface area contributed by atoms with Gasteiger partial charge in [0, 0.05) is 30.9 Å². The van der Waals surface area contributed by atoms with E-state index in [1.807, 2.05) is 60.5 Å². The predicted molar refractivity (Wildman–Crippen MR) is 96.5 cm³/mol. The van der Waals surface area contributed by atoms with Crippen LogP contribution < -0.4 is 0 Å². The number of hydrogen-bond acceptors (Lipinski definition) is 2. The number of rotatable bonds is 6. The summed E-state index contributed by atoms with van der Waals surface area (Å²) in [6, 6.07) is 13.9. The number of fused-ring (bicyclic) bond motifs is 1. The van der Waals surface area contributed by atoms with Gasteiger partial charge in [-0.3, -0.25) is 4.79 Å². The van der Waals surface area contributed by atoms with Crippen LogP contribution in [0.4, 0.5) is 0 Å². The van der Waals surface area contributed by atoms with Crippen LogP contribution in [0.3, 0.4) is 0 Å². The van der Waals surface area contributed by atoms with Crippen LogP contribution in [-0.2, 0) is 17.8 Å². The Morgan fingerprint density at radius 2 is 2.00 bits per heavy atom. The first-order chi connectivity index (χ1) is 11.6. The maximum Gasteiger partial charge on any atom is 0.227 e. The third kappa shape index (κ3) is 3.71. The molecule has 0 aliphatic rings. The summed E-state index contributed by atoms with van der Waals surface area (Å²) in [5, 5.41) is 1.00. The second-order valence-electron chi connectivity index (χ2n) is 6.08. The van der Waals surface area contributed by atoms with Crippen LogP contribution in [-0.4, -0.2) is 27.3 Å². The van der Waals surface area contributed by atoms with E-state index in [4.69, 9.17) is 0 Å². The number of pyridine rings is 1. The molecule has 0 saturated heterocycles. The van der Waals surface area contributed by atoms with Gasteiger partial charge in [-0.05, 0) is 30.2 Å². The maximum atomic E-state index is 12.8. The molecule has 0 bridgehead atoms. The molecule has 0 atom stereocenters. The monoisotopic (exact) mass is 319 g/mol. The summed E-state index contributed by atoms with van der Waals surface area (Å²) in [5.41, 5.74) is 3.88. The highest BCUT2D eigenvalue weighted by atomic mass is 16.2. The van der Waals surface area contributed by atoms with Crippen LogP contribution in [0, 0.1) is 0 Å². The average Bonchev–Trinajstić information content (AvgIpc) is 2.98. The topological polar surface area (TPSA) is 49.0 Å². The first kappa shape index (κ1) is 16.0. The second-order valence-corrected chi connectivity index (χ2v) is 6.08. The van der Waals surface area contributed by atoms with Gasteiger partial charge in [-0.2, -0.15) is 0 Å². The van der Waals surface area contributed by atoms with Gasteiger partial charge in [-0.1, -0.05) is 42.5 Å². The van der Waals surface area contributed by atoms with E-state index < -0.39 is 0 Å². The standard InChI is InChI=1S/C20H21N3O/c1-15(2)13-23(14-16-7-4-3-5-8-16)19(24)11-17-12-22-20-18(17)9-6-10-21-20/h3-10,12H,1,11,13-14H2,2H3,(H,21,22). The van der Waals surface area contributed by atoms with Gasteiger partial charge in [0.15, 0.2) is 0 Å². The average molecular weight is 319 g/mol. The van der Waals surface area contributed by atoms with Gasteiger partial charge in [-0.15, -0.1) is 0 Å². The fourth-order valence-electron chi connectivity index (χ4n) is 2.80. The first-order valence-corrected chi connectivity index (χ1v) is 8.00. The SMILES string of the molecule is C=C(C)CN(Cc1ccccc1)C(=O)Cc1c[nH]c2ncccc12. The predicted octanol–water partition coefficient (Wildman–Crippen LogP) is 3.71. The minimum absolute atomic E-state index is 0.0895. The first-order valence-electron chi connectivity index (χ1n) is 8.00. The zero-order valence-corrected chi connectivity index (χ0v) is 13.8. The van der Waals surface area contributed by atoms with Crippen LogP contribution in [0.15, 0.2) is 67.0 Å². The molecule has 0 radical (unpaired) electrons. The fraction of sp³-hybridized carbons (Fsp3) is 0.200. The summed E-state index contributed by atoms with van der Waals surface area (Å²) in [6.07, 6.45) is 3.97. The molecule has 0 saturated carbocycles. The van der Waals surface area contributed by atoms with Crippen LogP contribution >= 0.6 is 0 Å². The Hall–Kier alpha value is -2.88. The molecule has 122 valence electrons.